The van der Waals surface area contributed by atoms with Gasteiger partial charge in [0.15, 0.2) is 0 Å². The molecule has 0 aliphatic carbocycles. The normalized spacial score (nSPS) is 24.6. The third-order valence-corrected chi connectivity index (χ3v) is 4.46. The Morgan fingerprint density at radius 3 is 2.74 bits per heavy atom. The van der Waals surface area contributed by atoms with E-state index in [2.05, 4.69) is 15.5 Å². The zero-order chi connectivity index (χ0) is 16.8. The van der Waals surface area contributed by atoms with Crippen LogP contribution in [-0.2, 0) is 25.4 Å². The molecular formula is C16H27N3O4. The van der Waals surface area contributed by atoms with Gasteiger partial charge in [-0.25, -0.2) is 0 Å². The van der Waals surface area contributed by atoms with Gasteiger partial charge in [-0.1, -0.05) is 0 Å². The molecule has 7 nitrogen and oxygen atoms in total. The first-order valence-corrected chi connectivity index (χ1v) is 7.97. The summed E-state index contributed by atoms with van der Waals surface area (Å²) >= 11 is 0. The highest BCUT2D eigenvalue weighted by molar-refractivity contribution is 5.76. The standard InChI is InChI=1S/C16H27N3O4/c1-10-13(11(2)19-18-10)5-6-15(20)17-7-12-8-23-9-14(21-3)16(12)22-4/h12,14,16H,5-9H2,1-4H3,(H,17,20)(H,18,19)/t12-,14-,16+/m1/s1. The lowest BCUT2D eigenvalue weighted by Crippen LogP contribution is -2.50. The minimum Gasteiger partial charge on any atom is -0.378 e. The molecule has 3 atom stereocenters. The first-order valence-electron chi connectivity index (χ1n) is 7.97. The molecule has 0 bridgehead atoms. The summed E-state index contributed by atoms with van der Waals surface area (Å²) in [5.74, 6) is 0.124. The van der Waals surface area contributed by atoms with Crippen LogP contribution in [0.2, 0.25) is 0 Å². The Bertz CT molecular complexity index is 498. The summed E-state index contributed by atoms with van der Waals surface area (Å²) < 4.78 is 16.4. The molecule has 0 spiro atoms. The zero-order valence-electron chi connectivity index (χ0n) is 14.3. The average molecular weight is 325 g/mol. The maximum atomic E-state index is 12.1. The fraction of sp³-hybridized carbons (Fsp3) is 0.750. The lowest BCUT2D eigenvalue weighted by atomic mass is 9.96. The molecule has 1 amide bonds. The van der Waals surface area contributed by atoms with Gasteiger partial charge < -0.3 is 19.5 Å². The number of aromatic amines is 1. The van der Waals surface area contributed by atoms with Crippen molar-refractivity contribution in [2.24, 2.45) is 5.92 Å². The zero-order valence-corrected chi connectivity index (χ0v) is 14.3. The summed E-state index contributed by atoms with van der Waals surface area (Å²) in [4.78, 5) is 12.1. The van der Waals surface area contributed by atoms with Gasteiger partial charge >= 0.3 is 0 Å². The molecule has 1 fully saturated rings. The molecule has 2 rings (SSSR count). The Morgan fingerprint density at radius 1 is 1.35 bits per heavy atom. The Morgan fingerprint density at radius 2 is 2.13 bits per heavy atom. The molecule has 1 aliphatic rings. The van der Waals surface area contributed by atoms with Gasteiger partial charge in [-0.2, -0.15) is 5.10 Å². The van der Waals surface area contributed by atoms with Gasteiger partial charge in [-0.3, -0.25) is 9.89 Å². The van der Waals surface area contributed by atoms with E-state index in [0.717, 1.165) is 17.0 Å². The molecule has 2 heterocycles. The van der Waals surface area contributed by atoms with Crippen LogP contribution in [0, 0.1) is 19.8 Å². The Hall–Kier alpha value is -1.44. The minimum absolute atomic E-state index is 0.0272. The quantitative estimate of drug-likeness (QED) is 0.773. The van der Waals surface area contributed by atoms with E-state index < -0.39 is 0 Å². The second-order valence-electron chi connectivity index (χ2n) is 5.99. The largest absolute Gasteiger partial charge is 0.378 e. The summed E-state index contributed by atoms with van der Waals surface area (Å²) in [6.07, 6.45) is 0.981. The molecule has 23 heavy (non-hydrogen) atoms. The summed E-state index contributed by atoms with van der Waals surface area (Å²) in [5, 5.41) is 10.1. The smallest absolute Gasteiger partial charge is 0.220 e. The lowest BCUT2D eigenvalue weighted by molar-refractivity contribution is -0.147. The topological polar surface area (TPSA) is 85.5 Å². The van der Waals surface area contributed by atoms with Crippen LogP contribution in [0.5, 0.6) is 0 Å². The van der Waals surface area contributed by atoms with Crippen molar-refractivity contribution in [2.45, 2.75) is 38.9 Å². The number of ether oxygens (including phenoxy) is 3. The highest BCUT2D eigenvalue weighted by Crippen LogP contribution is 2.20. The van der Waals surface area contributed by atoms with E-state index in [-0.39, 0.29) is 24.0 Å². The highest BCUT2D eigenvalue weighted by Gasteiger charge is 2.34. The van der Waals surface area contributed by atoms with E-state index in [1.807, 2.05) is 13.8 Å². The fourth-order valence-corrected chi connectivity index (χ4v) is 3.06. The van der Waals surface area contributed by atoms with E-state index in [4.69, 9.17) is 14.2 Å². The van der Waals surface area contributed by atoms with Crippen molar-refractivity contribution in [3.05, 3.63) is 17.0 Å². The number of nitrogens with one attached hydrogen (secondary N) is 2. The number of carbonyl (C=O) groups excluding carboxylic acids is 1. The third-order valence-electron chi connectivity index (χ3n) is 4.46. The van der Waals surface area contributed by atoms with Crippen LogP contribution in [-0.4, -0.2) is 62.3 Å². The van der Waals surface area contributed by atoms with Gasteiger partial charge in [0.25, 0.3) is 0 Å². The van der Waals surface area contributed by atoms with E-state index >= 15 is 0 Å². The Labute approximate surface area is 137 Å². The van der Waals surface area contributed by atoms with Gasteiger partial charge in [-0.05, 0) is 25.8 Å². The molecule has 0 aromatic carbocycles. The Kier molecular flexibility index (Phi) is 6.56. The van der Waals surface area contributed by atoms with Crippen LogP contribution in [0.1, 0.15) is 23.4 Å². The lowest BCUT2D eigenvalue weighted by Gasteiger charge is -2.36. The predicted molar refractivity (Wildman–Crippen MR) is 85.3 cm³/mol. The van der Waals surface area contributed by atoms with Gasteiger partial charge in [-0.15, -0.1) is 0 Å². The van der Waals surface area contributed by atoms with Crippen molar-refractivity contribution in [2.75, 3.05) is 34.0 Å². The molecule has 1 aromatic heterocycles. The first-order chi connectivity index (χ1) is 11.1. The number of nitrogens with zero attached hydrogens (tertiary/aromatic N) is 1. The van der Waals surface area contributed by atoms with Crippen LogP contribution in [0.25, 0.3) is 0 Å². The molecule has 1 aliphatic heterocycles. The summed E-state index contributed by atoms with van der Waals surface area (Å²) in [7, 11) is 3.32. The van der Waals surface area contributed by atoms with Crippen LogP contribution < -0.4 is 5.32 Å². The van der Waals surface area contributed by atoms with Crippen molar-refractivity contribution < 1.29 is 19.0 Å². The van der Waals surface area contributed by atoms with Gasteiger partial charge in [0, 0.05) is 38.8 Å². The van der Waals surface area contributed by atoms with Gasteiger partial charge in [0.2, 0.25) is 5.91 Å². The molecule has 130 valence electrons. The number of aryl methyl sites for hydroxylation is 2. The number of methoxy groups -OCH3 is 2. The second kappa shape index (κ2) is 8.42. The average Bonchev–Trinajstić information content (AvgIpc) is 2.88. The summed E-state index contributed by atoms with van der Waals surface area (Å²) in [5.41, 5.74) is 3.10. The predicted octanol–water partition coefficient (Wildman–Crippen LogP) is 0.752. The molecule has 1 saturated heterocycles. The number of aromatic nitrogens is 2. The summed E-state index contributed by atoms with van der Waals surface area (Å²) in [6, 6.07) is 0. The molecule has 0 unspecified atom stereocenters. The van der Waals surface area contributed by atoms with Crippen molar-refractivity contribution in [3.63, 3.8) is 0 Å². The second-order valence-corrected chi connectivity index (χ2v) is 5.99. The fourth-order valence-electron chi connectivity index (χ4n) is 3.06. The Balaban J connectivity index is 1.79. The number of rotatable bonds is 7. The monoisotopic (exact) mass is 325 g/mol. The molecular weight excluding hydrogens is 298 g/mol. The maximum Gasteiger partial charge on any atom is 0.220 e. The van der Waals surface area contributed by atoms with Gasteiger partial charge in [0.05, 0.1) is 25.0 Å². The SMILES string of the molecule is CO[C@H]1[C@H](CNC(=O)CCc2c(C)n[nH]c2C)COC[C@H]1OC. The van der Waals surface area contributed by atoms with Crippen molar-refractivity contribution >= 4 is 5.91 Å². The van der Waals surface area contributed by atoms with E-state index in [9.17, 15) is 4.79 Å². The van der Waals surface area contributed by atoms with Crippen LogP contribution in [0.3, 0.4) is 0 Å². The molecule has 0 radical (unpaired) electrons. The number of hydrogen-bond acceptors (Lipinski definition) is 5. The van der Waals surface area contributed by atoms with Crippen LogP contribution in [0.4, 0.5) is 0 Å². The van der Waals surface area contributed by atoms with Gasteiger partial charge in [0.1, 0.15) is 6.10 Å². The number of H-pyrrole nitrogens is 1. The van der Waals surface area contributed by atoms with Crippen molar-refractivity contribution in [3.8, 4) is 0 Å². The van der Waals surface area contributed by atoms with E-state index in [0.29, 0.717) is 32.6 Å². The van der Waals surface area contributed by atoms with Crippen LogP contribution >= 0.6 is 0 Å². The number of amides is 1. The van der Waals surface area contributed by atoms with E-state index in [1.165, 1.54) is 0 Å². The molecule has 7 heteroatoms. The first kappa shape index (κ1) is 17.9. The van der Waals surface area contributed by atoms with Crippen molar-refractivity contribution in [1.29, 1.82) is 0 Å². The van der Waals surface area contributed by atoms with Crippen molar-refractivity contribution in [1.82, 2.24) is 15.5 Å². The number of carbonyl (C=O) groups is 1. The minimum atomic E-state index is -0.0909. The molecule has 1 aromatic rings. The van der Waals surface area contributed by atoms with Crippen LogP contribution in [0.15, 0.2) is 0 Å². The summed E-state index contributed by atoms with van der Waals surface area (Å²) in [6.45, 7) is 5.54. The highest BCUT2D eigenvalue weighted by atomic mass is 16.6. The molecule has 2 N–H and O–H groups in total. The molecule has 0 saturated carbocycles. The maximum absolute atomic E-state index is 12.1. The van der Waals surface area contributed by atoms with E-state index in [1.54, 1.807) is 14.2 Å². The number of hydrogen-bond donors (Lipinski definition) is 2. The third kappa shape index (κ3) is 4.53.